The van der Waals surface area contributed by atoms with Gasteiger partial charge in [0.2, 0.25) is 0 Å². The van der Waals surface area contributed by atoms with Gasteiger partial charge in [0, 0.05) is 29.9 Å². The fourth-order valence-electron chi connectivity index (χ4n) is 1.37. The Morgan fingerprint density at radius 2 is 1.90 bits per heavy atom. The molecule has 0 aliphatic rings. The van der Waals surface area contributed by atoms with Gasteiger partial charge in [-0.3, -0.25) is 10.1 Å². The molecule has 1 aromatic rings. The van der Waals surface area contributed by atoms with E-state index in [2.05, 4.69) is 0 Å². The lowest BCUT2D eigenvalue weighted by Crippen LogP contribution is -2.11. The highest BCUT2D eigenvalue weighted by Gasteiger charge is 2.21. The van der Waals surface area contributed by atoms with E-state index in [-0.39, 0.29) is 19.0 Å². The van der Waals surface area contributed by atoms with Crippen LogP contribution >= 0.6 is 10.7 Å². The lowest BCUT2D eigenvalue weighted by molar-refractivity contribution is -0.385. The van der Waals surface area contributed by atoms with E-state index in [1.807, 2.05) is 0 Å². The van der Waals surface area contributed by atoms with E-state index in [4.69, 9.17) is 24.9 Å². The van der Waals surface area contributed by atoms with Crippen LogP contribution in [0.1, 0.15) is 0 Å². The summed E-state index contributed by atoms with van der Waals surface area (Å²) in [6.45, 7) is 1.09. The summed E-state index contributed by atoms with van der Waals surface area (Å²) in [5.41, 5.74) is -0.391. The molecule has 0 amide bonds. The number of ether oxygens (including phenoxy) is 3. The fraction of sp³-hybridized carbons (Fsp3) is 0.455. The zero-order chi connectivity index (χ0) is 15.9. The largest absolute Gasteiger partial charge is 0.490 e. The van der Waals surface area contributed by atoms with Crippen LogP contribution in [0.15, 0.2) is 23.1 Å². The molecular formula is C11H14ClNO7S. The topological polar surface area (TPSA) is 105 Å². The summed E-state index contributed by atoms with van der Waals surface area (Å²) in [5.74, 6) is -0.0639. The standard InChI is InChI=1S/C11H14ClNO7S/c1-18-4-5-19-6-7-20-10-3-2-9(13(14)15)8-11(10)21(12,16)17/h2-3,8H,4-7H2,1H3. The van der Waals surface area contributed by atoms with Crippen molar-refractivity contribution >= 4 is 25.4 Å². The predicted molar refractivity (Wildman–Crippen MR) is 74.3 cm³/mol. The van der Waals surface area contributed by atoms with Crippen LogP contribution in [0.4, 0.5) is 5.69 Å². The first kappa shape index (κ1) is 17.6. The number of non-ortho nitro benzene ring substituents is 1. The summed E-state index contributed by atoms with van der Waals surface area (Å²) in [4.78, 5) is 9.48. The van der Waals surface area contributed by atoms with Gasteiger partial charge in [-0.15, -0.1) is 0 Å². The zero-order valence-corrected chi connectivity index (χ0v) is 12.7. The molecule has 0 bridgehead atoms. The summed E-state index contributed by atoms with van der Waals surface area (Å²) in [5, 5.41) is 10.6. The van der Waals surface area contributed by atoms with Crippen LogP contribution in [0.25, 0.3) is 0 Å². The monoisotopic (exact) mass is 339 g/mol. The maximum absolute atomic E-state index is 11.4. The molecule has 10 heteroatoms. The van der Waals surface area contributed by atoms with E-state index in [0.29, 0.717) is 13.2 Å². The second kappa shape index (κ2) is 8.13. The molecule has 0 aliphatic carbocycles. The normalized spacial score (nSPS) is 11.3. The summed E-state index contributed by atoms with van der Waals surface area (Å²) >= 11 is 0. The van der Waals surface area contributed by atoms with Gasteiger partial charge in [0.05, 0.1) is 24.7 Å². The van der Waals surface area contributed by atoms with E-state index in [0.717, 1.165) is 12.1 Å². The predicted octanol–water partition coefficient (Wildman–Crippen LogP) is 1.56. The minimum absolute atomic E-state index is 0.0639. The number of hydrogen-bond donors (Lipinski definition) is 0. The van der Waals surface area contributed by atoms with Crippen molar-refractivity contribution in [2.75, 3.05) is 33.5 Å². The van der Waals surface area contributed by atoms with Crippen molar-refractivity contribution in [3.8, 4) is 5.75 Å². The Hall–Kier alpha value is -1.42. The summed E-state index contributed by atoms with van der Waals surface area (Å²) in [6.07, 6.45) is 0. The van der Waals surface area contributed by atoms with Crippen molar-refractivity contribution in [3.63, 3.8) is 0 Å². The van der Waals surface area contributed by atoms with Crippen molar-refractivity contribution in [2.24, 2.45) is 0 Å². The van der Waals surface area contributed by atoms with Gasteiger partial charge in [-0.05, 0) is 6.07 Å². The number of halogens is 1. The van der Waals surface area contributed by atoms with E-state index >= 15 is 0 Å². The first-order valence-corrected chi connectivity index (χ1v) is 8.09. The number of rotatable bonds is 9. The number of hydrogen-bond acceptors (Lipinski definition) is 7. The molecular weight excluding hydrogens is 326 g/mol. The third-order valence-corrected chi connectivity index (χ3v) is 3.66. The van der Waals surface area contributed by atoms with Crippen LogP contribution in [0.2, 0.25) is 0 Å². The van der Waals surface area contributed by atoms with Crippen LogP contribution in [0.5, 0.6) is 5.75 Å². The Labute approximate surface area is 126 Å². The Balaban J connectivity index is 2.75. The second-order valence-electron chi connectivity index (χ2n) is 3.78. The van der Waals surface area contributed by atoms with E-state index in [1.165, 1.54) is 13.2 Å². The second-order valence-corrected chi connectivity index (χ2v) is 6.31. The Morgan fingerprint density at radius 1 is 1.24 bits per heavy atom. The van der Waals surface area contributed by atoms with E-state index in [9.17, 15) is 18.5 Å². The van der Waals surface area contributed by atoms with Crippen molar-refractivity contribution in [1.82, 2.24) is 0 Å². The van der Waals surface area contributed by atoms with Gasteiger partial charge < -0.3 is 14.2 Å². The van der Waals surface area contributed by atoms with E-state index in [1.54, 1.807) is 0 Å². The lowest BCUT2D eigenvalue weighted by atomic mass is 10.3. The Kier molecular flexibility index (Phi) is 6.82. The molecule has 8 nitrogen and oxygen atoms in total. The first-order valence-electron chi connectivity index (χ1n) is 5.79. The lowest BCUT2D eigenvalue weighted by Gasteiger charge is -2.09. The average molecular weight is 340 g/mol. The summed E-state index contributed by atoms with van der Waals surface area (Å²) in [7, 11) is 2.62. The molecule has 1 rings (SSSR count). The molecule has 0 unspecified atom stereocenters. The van der Waals surface area contributed by atoms with E-state index < -0.39 is 24.6 Å². The molecule has 0 fully saturated rings. The average Bonchev–Trinajstić information content (AvgIpc) is 2.41. The van der Waals surface area contributed by atoms with Crippen molar-refractivity contribution in [3.05, 3.63) is 28.3 Å². The molecule has 21 heavy (non-hydrogen) atoms. The molecule has 0 spiro atoms. The minimum atomic E-state index is -4.16. The molecule has 0 N–H and O–H groups in total. The van der Waals surface area contributed by atoms with Crippen LogP contribution in [-0.4, -0.2) is 46.9 Å². The highest BCUT2D eigenvalue weighted by molar-refractivity contribution is 8.13. The molecule has 0 aliphatic heterocycles. The van der Waals surface area contributed by atoms with Crippen molar-refractivity contribution in [1.29, 1.82) is 0 Å². The molecule has 0 heterocycles. The van der Waals surface area contributed by atoms with Gasteiger partial charge in [-0.1, -0.05) is 0 Å². The highest BCUT2D eigenvalue weighted by atomic mass is 35.7. The molecule has 0 atom stereocenters. The quantitative estimate of drug-likeness (QED) is 0.291. The maximum Gasteiger partial charge on any atom is 0.271 e. The number of nitrogens with zero attached hydrogens (tertiary/aromatic N) is 1. The molecule has 0 radical (unpaired) electrons. The van der Waals surface area contributed by atoms with Crippen LogP contribution in [0.3, 0.4) is 0 Å². The SMILES string of the molecule is COCCOCCOc1ccc([N+](=O)[O-])cc1S(=O)(=O)Cl. The van der Waals surface area contributed by atoms with Crippen LogP contribution in [-0.2, 0) is 18.5 Å². The number of nitro benzene ring substituents is 1. The summed E-state index contributed by atoms with van der Waals surface area (Å²) in [6, 6.07) is 3.17. The molecule has 0 saturated carbocycles. The third-order valence-electron chi connectivity index (χ3n) is 2.32. The number of methoxy groups -OCH3 is 1. The van der Waals surface area contributed by atoms with Gasteiger partial charge >= 0.3 is 0 Å². The minimum Gasteiger partial charge on any atom is -0.490 e. The molecule has 118 valence electrons. The fourth-order valence-corrected chi connectivity index (χ4v) is 2.37. The maximum atomic E-state index is 11.4. The molecule has 0 saturated heterocycles. The van der Waals surface area contributed by atoms with Crippen molar-refractivity contribution < 1.29 is 27.6 Å². The first-order chi connectivity index (χ1) is 9.86. The number of nitro groups is 1. The van der Waals surface area contributed by atoms with Gasteiger partial charge in [0.25, 0.3) is 14.7 Å². The van der Waals surface area contributed by atoms with Gasteiger partial charge in [0.1, 0.15) is 17.3 Å². The van der Waals surface area contributed by atoms with Crippen LogP contribution in [0, 0.1) is 10.1 Å². The molecule has 1 aromatic carbocycles. The van der Waals surface area contributed by atoms with Gasteiger partial charge in [0.15, 0.2) is 0 Å². The smallest absolute Gasteiger partial charge is 0.271 e. The Bertz CT molecular complexity index is 590. The van der Waals surface area contributed by atoms with Gasteiger partial charge in [-0.25, -0.2) is 8.42 Å². The van der Waals surface area contributed by atoms with Crippen molar-refractivity contribution in [2.45, 2.75) is 4.90 Å². The number of benzene rings is 1. The highest BCUT2D eigenvalue weighted by Crippen LogP contribution is 2.30. The van der Waals surface area contributed by atoms with Gasteiger partial charge in [-0.2, -0.15) is 0 Å². The Morgan fingerprint density at radius 3 is 2.48 bits per heavy atom. The van der Waals surface area contributed by atoms with Crippen LogP contribution < -0.4 is 4.74 Å². The summed E-state index contributed by atoms with van der Waals surface area (Å²) < 4.78 is 38.0. The third kappa shape index (κ3) is 5.84. The molecule has 0 aromatic heterocycles. The zero-order valence-electron chi connectivity index (χ0n) is 11.2.